The molecule has 0 spiro atoms. The summed E-state index contributed by atoms with van der Waals surface area (Å²) >= 11 is 0. The summed E-state index contributed by atoms with van der Waals surface area (Å²) in [5.41, 5.74) is 0.771. The van der Waals surface area contributed by atoms with Gasteiger partial charge in [0.05, 0.1) is 4.99 Å². The molecule has 1 aromatic carbocycles. The smallest absolute Gasteiger partial charge is 0.276 e. The van der Waals surface area contributed by atoms with Crippen LogP contribution in [0.5, 0.6) is 5.75 Å². The second-order valence-corrected chi connectivity index (χ2v) is 1.67. The van der Waals surface area contributed by atoms with Gasteiger partial charge in [0.15, 0.2) is 0 Å². The maximum Gasteiger partial charge on any atom is 0.276 e. The fourth-order valence-electron chi connectivity index (χ4n) is 0.558. The Hall–Kier alpha value is -1.31. The molecule has 1 radical (unpaired) electrons. The molecule has 0 fully saturated rings. The van der Waals surface area contributed by atoms with Crippen LogP contribution in [0.3, 0.4) is 0 Å². The predicted octanol–water partition coefficient (Wildman–Crippen LogP) is 1.06. The number of benzene rings is 1. The topological polar surface area (TPSA) is 34.3 Å². The minimum absolute atomic E-state index is 0.252. The van der Waals surface area contributed by atoms with Gasteiger partial charge in [0.2, 0.25) is 6.72 Å². The molecule has 0 saturated carbocycles. The van der Waals surface area contributed by atoms with Crippen molar-refractivity contribution in [3.8, 4) is 5.75 Å². The van der Waals surface area contributed by atoms with E-state index in [-0.39, 0.29) is 5.75 Å². The Bertz CT molecular complexity index is 203. The molecule has 1 rings (SSSR count). The van der Waals surface area contributed by atoms with Crippen molar-refractivity contribution in [2.45, 2.75) is 0 Å². The largest absolute Gasteiger partial charge is 0.508 e. The van der Waals surface area contributed by atoms with Gasteiger partial charge in [-0.15, -0.1) is 0 Å². The Labute approximate surface area is 53.5 Å². The summed E-state index contributed by atoms with van der Waals surface area (Å²) in [7, 11) is 0. The van der Waals surface area contributed by atoms with Crippen LogP contribution in [0.1, 0.15) is 0 Å². The number of aromatic hydroxyl groups is 1. The predicted molar refractivity (Wildman–Crippen MR) is 37.0 cm³/mol. The van der Waals surface area contributed by atoms with Crippen molar-refractivity contribution in [1.82, 2.24) is 4.99 Å². The number of phenolic OH excluding ortho intramolecular Hbond substituents is 1. The van der Waals surface area contributed by atoms with Gasteiger partial charge in [-0.05, 0) is 12.1 Å². The van der Waals surface area contributed by atoms with E-state index in [0.29, 0.717) is 0 Å². The maximum atomic E-state index is 8.79. The first kappa shape index (κ1) is 5.82. The van der Waals surface area contributed by atoms with Crippen molar-refractivity contribution < 1.29 is 5.11 Å². The van der Waals surface area contributed by atoms with Crippen molar-refractivity contribution in [1.29, 1.82) is 0 Å². The molecular formula is C7H7NO+. The van der Waals surface area contributed by atoms with Gasteiger partial charge in [-0.2, -0.15) is 0 Å². The monoisotopic (exact) mass is 121 g/mol. The second kappa shape index (κ2) is 2.31. The molecule has 45 valence electrons. The van der Waals surface area contributed by atoms with E-state index in [1.807, 2.05) is 0 Å². The molecule has 1 N–H and O–H groups in total. The van der Waals surface area contributed by atoms with Crippen LogP contribution in [0, 0.1) is 0 Å². The van der Waals surface area contributed by atoms with Gasteiger partial charge < -0.3 is 5.11 Å². The lowest BCUT2D eigenvalue weighted by Crippen LogP contribution is -1.72. The van der Waals surface area contributed by atoms with Gasteiger partial charge >= 0.3 is 0 Å². The van der Waals surface area contributed by atoms with Crippen molar-refractivity contribution in [2.24, 2.45) is 0 Å². The molecule has 0 aliphatic carbocycles. The van der Waals surface area contributed by atoms with Gasteiger partial charge in [0.25, 0.3) is 5.69 Å². The third-order valence-corrected chi connectivity index (χ3v) is 1.03. The first-order valence-electron chi connectivity index (χ1n) is 2.58. The molecule has 9 heavy (non-hydrogen) atoms. The fourth-order valence-corrected chi connectivity index (χ4v) is 0.558. The molecule has 0 aliphatic rings. The average Bonchev–Trinajstić information content (AvgIpc) is 1.90. The molecule has 2 heteroatoms. The highest BCUT2D eigenvalue weighted by Gasteiger charge is 1.95. The average molecular weight is 121 g/mol. The second-order valence-electron chi connectivity index (χ2n) is 1.67. The molecular weight excluding hydrogens is 114 g/mol. The van der Waals surface area contributed by atoms with Gasteiger partial charge in [0.1, 0.15) is 5.75 Å². The number of hydrogen-bond acceptors (Lipinski definition) is 2. The lowest BCUT2D eigenvalue weighted by molar-refractivity contribution is 0.475. The zero-order chi connectivity index (χ0) is 6.69. The molecule has 0 saturated heterocycles. The van der Waals surface area contributed by atoms with Crippen LogP contribution in [-0.2, 0) is 0 Å². The summed E-state index contributed by atoms with van der Waals surface area (Å²) in [6.07, 6.45) is 0. The first-order chi connectivity index (χ1) is 4.33. The summed E-state index contributed by atoms with van der Waals surface area (Å²) < 4.78 is 0. The van der Waals surface area contributed by atoms with Gasteiger partial charge in [-0.3, -0.25) is 0 Å². The normalized spacial score (nSPS) is 8.89. The maximum absolute atomic E-state index is 8.79. The van der Waals surface area contributed by atoms with Crippen LogP contribution in [-0.4, -0.2) is 11.8 Å². The molecule has 0 aromatic heterocycles. The van der Waals surface area contributed by atoms with Crippen LogP contribution >= 0.6 is 0 Å². The Kier molecular flexibility index (Phi) is 1.49. The van der Waals surface area contributed by atoms with E-state index in [2.05, 4.69) is 11.7 Å². The Morgan fingerprint density at radius 1 is 1.22 bits per heavy atom. The minimum Gasteiger partial charge on any atom is -0.508 e. The Morgan fingerprint density at radius 2 is 1.78 bits per heavy atom. The van der Waals surface area contributed by atoms with Crippen molar-refractivity contribution in [3.63, 3.8) is 0 Å². The molecule has 0 bridgehead atoms. The third kappa shape index (κ3) is 1.29. The summed E-state index contributed by atoms with van der Waals surface area (Å²) in [5.74, 6) is 0.252. The van der Waals surface area contributed by atoms with Crippen LogP contribution in [0.25, 0.3) is 0 Å². The van der Waals surface area contributed by atoms with Crippen LogP contribution in [0.2, 0.25) is 0 Å². The Morgan fingerprint density at radius 3 is 2.22 bits per heavy atom. The summed E-state index contributed by atoms with van der Waals surface area (Å²) in [4.78, 5) is 3.65. The SMILES string of the molecule is C=[N+]c1ccc(O)cc1. The highest BCUT2D eigenvalue weighted by Crippen LogP contribution is 2.11. The van der Waals surface area contributed by atoms with E-state index in [9.17, 15) is 0 Å². The minimum atomic E-state index is 0.252. The van der Waals surface area contributed by atoms with Gasteiger partial charge in [-0.25, -0.2) is 0 Å². The molecule has 1 aromatic rings. The van der Waals surface area contributed by atoms with E-state index in [1.165, 1.54) is 0 Å². The van der Waals surface area contributed by atoms with Crippen molar-refractivity contribution >= 4 is 12.4 Å². The zero-order valence-corrected chi connectivity index (χ0v) is 4.91. The number of aliphatic imine (C=N–C) groups is 1. The molecule has 0 heterocycles. The third-order valence-electron chi connectivity index (χ3n) is 1.03. The van der Waals surface area contributed by atoms with Gasteiger partial charge in [0, 0.05) is 12.1 Å². The first-order valence-corrected chi connectivity index (χ1v) is 2.58. The quantitative estimate of drug-likeness (QED) is 0.554. The van der Waals surface area contributed by atoms with E-state index < -0.39 is 0 Å². The summed E-state index contributed by atoms with van der Waals surface area (Å²) in [6.45, 7) is 3.33. The van der Waals surface area contributed by atoms with E-state index in [1.54, 1.807) is 24.3 Å². The van der Waals surface area contributed by atoms with Crippen LogP contribution < -0.4 is 4.99 Å². The number of nitrogens with zero attached hydrogens (tertiary/aromatic N) is 1. The van der Waals surface area contributed by atoms with E-state index >= 15 is 0 Å². The standard InChI is InChI=1S/C7H7NO/c1-8-6-2-4-7(9)5-3-6/h2-5,9H,1H2/q+1. The van der Waals surface area contributed by atoms with E-state index in [4.69, 9.17) is 5.11 Å². The van der Waals surface area contributed by atoms with Crippen LogP contribution in [0.4, 0.5) is 5.69 Å². The number of hydrogen-bond donors (Lipinski definition) is 1. The lowest BCUT2D eigenvalue weighted by atomic mass is 10.3. The number of rotatable bonds is 1. The van der Waals surface area contributed by atoms with Crippen molar-refractivity contribution in [3.05, 3.63) is 24.3 Å². The summed E-state index contributed by atoms with van der Waals surface area (Å²) in [6, 6.07) is 6.54. The molecule has 0 aliphatic heterocycles. The zero-order valence-electron chi connectivity index (χ0n) is 4.91. The highest BCUT2D eigenvalue weighted by atomic mass is 16.3. The van der Waals surface area contributed by atoms with Gasteiger partial charge in [-0.1, -0.05) is 0 Å². The molecule has 0 amide bonds. The number of phenols is 1. The van der Waals surface area contributed by atoms with Crippen molar-refractivity contribution in [2.75, 3.05) is 0 Å². The highest BCUT2D eigenvalue weighted by molar-refractivity contribution is 5.44. The Balaban J connectivity index is 3.01. The molecule has 2 nitrogen and oxygen atoms in total. The fraction of sp³-hybridized carbons (Fsp3) is 0. The molecule has 0 atom stereocenters. The lowest BCUT2D eigenvalue weighted by Gasteiger charge is -1.83. The molecule has 0 unspecified atom stereocenters. The summed E-state index contributed by atoms with van der Waals surface area (Å²) in [5, 5.41) is 8.79. The van der Waals surface area contributed by atoms with Crippen LogP contribution in [0.15, 0.2) is 24.3 Å². The van der Waals surface area contributed by atoms with E-state index in [0.717, 1.165) is 5.69 Å².